The van der Waals surface area contributed by atoms with Crippen LogP contribution in [0.5, 0.6) is 0 Å². The first-order valence-corrected chi connectivity index (χ1v) is 10.4. The fourth-order valence-corrected chi connectivity index (χ4v) is 5.78. The van der Waals surface area contributed by atoms with Crippen LogP contribution >= 0.6 is 0 Å². The van der Waals surface area contributed by atoms with Crippen molar-refractivity contribution in [2.75, 3.05) is 13.2 Å². The Kier molecular flexibility index (Phi) is 7.32. The summed E-state index contributed by atoms with van der Waals surface area (Å²) in [6.07, 6.45) is 8.74. The summed E-state index contributed by atoms with van der Waals surface area (Å²) in [5, 5.41) is 18.0. The zero-order valence-electron chi connectivity index (χ0n) is 17.6. The van der Waals surface area contributed by atoms with E-state index >= 15 is 0 Å². The van der Waals surface area contributed by atoms with Crippen LogP contribution in [0.3, 0.4) is 0 Å². The molecule has 2 aliphatic rings. The highest BCUT2D eigenvalue weighted by Gasteiger charge is 2.52. The number of ether oxygens (including phenoxy) is 1. The summed E-state index contributed by atoms with van der Waals surface area (Å²) in [7, 11) is 0. The van der Waals surface area contributed by atoms with Crippen molar-refractivity contribution in [2.24, 2.45) is 22.7 Å². The number of hydrogen-bond donors (Lipinski definition) is 2. The molecule has 0 amide bonds. The van der Waals surface area contributed by atoms with E-state index in [-0.39, 0.29) is 13.2 Å². The molecule has 154 valence electrons. The Morgan fingerprint density at radius 2 is 1.96 bits per heavy atom. The van der Waals surface area contributed by atoms with Crippen molar-refractivity contribution >= 4 is 5.97 Å². The molecule has 2 aliphatic carbocycles. The van der Waals surface area contributed by atoms with Crippen LogP contribution in [0.2, 0.25) is 0 Å². The Hall–Kier alpha value is -1.13. The molecule has 0 radical (unpaired) electrons. The van der Waals surface area contributed by atoms with Crippen molar-refractivity contribution in [3.8, 4) is 0 Å². The number of carbonyl (C=O) groups excluding carboxylic acids is 1. The largest absolute Gasteiger partial charge is 0.454 e. The average Bonchev–Trinajstić information content (AvgIpc) is 2.58. The van der Waals surface area contributed by atoms with Gasteiger partial charge in [0.2, 0.25) is 0 Å². The lowest BCUT2D eigenvalue weighted by Gasteiger charge is -2.58. The molecule has 2 saturated carbocycles. The van der Waals surface area contributed by atoms with E-state index in [0.29, 0.717) is 16.7 Å². The van der Waals surface area contributed by atoms with Crippen molar-refractivity contribution < 1.29 is 19.7 Å². The van der Waals surface area contributed by atoms with Gasteiger partial charge in [-0.2, -0.15) is 0 Å². The van der Waals surface area contributed by atoms with Crippen LogP contribution in [0.4, 0.5) is 0 Å². The van der Waals surface area contributed by atoms with Gasteiger partial charge < -0.3 is 14.9 Å². The fraction of sp³-hybridized carbons (Fsp3) is 0.783. The molecule has 2 N–H and O–H groups in total. The van der Waals surface area contributed by atoms with E-state index in [2.05, 4.69) is 27.4 Å². The molecule has 0 aliphatic heterocycles. The lowest BCUT2D eigenvalue weighted by atomic mass is 9.47. The molecule has 0 heterocycles. The summed E-state index contributed by atoms with van der Waals surface area (Å²) in [6.45, 7) is 13.0. The van der Waals surface area contributed by atoms with E-state index in [9.17, 15) is 4.79 Å². The summed E-state index contributed by atoms with van der Waals surface area (Å²) >= 11 is 0. The van der Waals surface area contributed by atoms with Crippen molar-refractivity contribution in [2.45, 2.75) is 78.7 Å². The van der Waals surface area contributed by atoms with E-state index in [1.807, 2.05) is 6.92 Å². The summed E-state index contributed by atoms with van der Waals surface area (Å²) in [5.41, 5.74) is 3.05. The van der Waals surface area contributed by atoms with Crippen LogP contribution in [-0.4, -0.2) is 35.5 Å². The SMILES string of the molecule is C=C1CC[C@@H]2C(C)(C)CCC[C@]2(C)[C@@H]1CC/C(C)=C/C(=O)OC(CO)CO. The fourth-order valence-electron chi connectivity index (χ4n) is 5.78. The van der Waals surface area contributed by atoms with Crippen LogP contribution in [-0.2, 0) is 9.53 Å². The minimum atomic E-state index is -0.844. The van der Waals surface area contributed by atoms with Gasteiger partial charge in [0.15, 0.2) is 0 Å². The number of allylic oxidation sites excluding steroid dienone is 2. The topological polar surface area (TPSA) is 66.8 Å². The van der Waals surface area contributed by atoms with Crippen molar-refractivity contribution in [3.05, 3.63) is 23.8 Å². The van der Waals surface area contributed by atoms with Gasteiger partial charge in [-0.15, -0.1) is 0 Å². The van der Waals surface area contributed by atoms with Gasteiger partial charge in [-0.1, -0.05) is 44.9 Å². The molecule has 0 spiro atoms. The maximum atomic E-state index is 11.9. The normalized spacial score (nSPS) is 30.9. The standard InChI is InChI=1S/C23H38O4/c1-16(13-21(26)27-18(14-24)15-25)7-9-19-17(2)8-10-20-22(3,4)11-6-12-23(19,20)5/h13,18-20,24-25H,2,6-12,14-15H2,1,3-5H3/b16-13+/t19-,20-,23-/m1/s1. The zero-order chi connectivity index (χ0) is 20.2. The van der Waals surface area contributed by atoms with Gasteiger partial charge in [-0.25, -0.2) is 4.79 Å². The second-order valence-corrected chi connectivity index (χ2v) is 9.60. The minimum Gasteiger partial charge on any atom is -0.454 e. The molecule has 27 heavy (non-hydrogen) atoms. The van der Waals surface area contributed by atoms with Crippen molar-refractivity contribution in [1.29, 1.82) is 0 Å². The highest BCUT2D eigenvalue weighted by atomic mass is 16.6. The molecule has 2 rings (SSSR count). The highest BCUT2D eigenvalue weighted by Crippen LogP contribution is 2.61. The third kappa shape index (κ3) is 5.03. The number of aliphatic hydroxyl groups excluding tert-OH is 2. The number of rotatable bonds is 7. The zero-order valence-corrected chi connectivity index (χ0v) is 17.6. The predicted molar refractivity (Wildman–Crippen MR) is 108 cm³/mol. The van der Waals surface area contributed by atoms with Crippen LogP contribution < -0.4 is 0 Å². The molecule has 0 unspecified atom stereocenters. The Labute approximate surface area is 164 Å². The molecular weight excluding hydrogens is 340 g/mol. The second kappa shape index (κ2) is 8.91. The quantitative estimate of drug-likeness (QED) is 0.391. The van der Waals surface area contributed by atoms with E-state index in [1.165, 1.54) is 37.3 Å². The van der Waals surface area contributed by atoms with E-state index in [1.54, 1.807) is 0 Å². The van der Waals surface area contributed by atoms with Crippen LogP contribution in [0.15, 0.2) is 23.8 Å². The van der Waals surface area contributed by atoms with Gasteiger partial charge in [0.1, 0.15) is 6.10 Å². The number of fused-ring (bicyclic) bond motifs is 1. The number of hydrogen-bond acceptors (Lipinski definition) is 4. The molecular formula is C23H38O4. The third-order valence-corrected chi connectivity index (χ3v) is 7.20. The first-order valence-electron chi connectivity index (χ1n) is 10.4. The smallest absolute Gasteiger partial charge is 0.331 e. The number of aliphatic hydroxyl groups is 2. The second-order valence-electron chi connectivity index (χ2n) is 9.60. The molecule has 0 aromatic carbocycles. The molecule has 4 heteroatoms. The molecule has 2 fully saturated rings. The Morgan fingerprint density at radius 3 is 2.59 bits per heavy atom. The first kappa shape index (κ1) is 22.2. The van der Waals surface area contributed by atoms with E-state index < -0.39 is 12.1 Å². The maximum Gasteiger partial charge on any atom is 0.331 e. The van der Waals surface area contributed by atoms with E-state index in [0.717, 1.165) is 30.8 Å². The molecule has 0 bridgehead atoms. The van der Waals surface area contributed by atoms with Gasteiger partial charge in [0, 0.05) is 6.08 Å². The molecule has 0 aromatic rings. The number of esters is 1. The molecule has 3 atom stereocenters. The molecule has 0 saturated heterocycles. The molecule has 0 aromatic heterocycles. The first-order chi connectivity index (χ1) is 12.6. The van der Waals surface area contributed by atoms with Crippen LogP contribution in [0, 0.1) is 22.7 Å². The maximum absolute atomic E-state index is 11.9. The van der Waals surface area contributed by atoms with Gasteiger partial charge in [0.05, 0.1) is 13.2 Å². The average molecular weight is 379 g/mol. The van der Waals surface area contributed by atoms with Gasteiger partial charge in [0.25, 0.3) is 0 Å². The highest BCUT2D eigenvalue weighted by molar-refractivity contribution is 5.82. The third-order valence-electron chi connectivity index (χ3n) is 7.20. The lowest BCUT2D eigenvalue weighted by molar-refractivity contribution is -0.147. The number of carbonyl (C=O) groups is 1. The summed E-state index contributed by atoms with van der Waals surface area (Å²) in [5.74, 6) is 0.738. The van der Waals surface area contributed by atoms with Crippen molar-refractivity contribution in [1.82, 2.24) is 0 Å². The monoisotopic (exact) mass is 378 g/mol. The summed E-state index contributed by atoms with van der Waals surface area (Å²) in [6, 6.07) is 0. The van der Waals surface area contributed by atoms with Crippen LogP contribution in [0.1, 0.15) is 72.6 Å². The van der Waals surface area contributed by atoms with Gasteiger partial charge in [-0.3, -0.25) is 0 Å². The van der Waals surface area contributed by atoms with E-state index in [4.69, 9.17) is 14.9 Å². The van der Waals surface area contributed by atoms with Crippen LogP contribution in [0.25, 0.3) is 0 Å². The Morgan fingerprint density at radius 1 is 1.30 bits per heavy atom. The summed E-state index contributed by atoms with van der Waals surface area (Å²) < 4.78 is 5.03. The minimum absolute atomic E-state index is 0.302. The van der Waals surface area contributed by atoms with Crippen molar-refractivity contribution in [3.63, 3.8) is 0 Å². The van der Waals surface area contributed by atoms with Gasteiger partial charge in [-0.05, 0) is 68.1 Å². The summed E-state index contributed by atoms with van der Waals surface area (Å²) in [4.78, 5) is 11.9. The Balaban J connectivity index is 2.03. The Bertz CT molecular complexity index is 573. The molecule has 4 nitrogen and oxygen atoms in total. The lowest BCUT2D eigenvalue weighted by Crippen LogP contribution is -2.49. The van der Waals surface area contributed by atoms with Gasteiger partial charge >= 0.3 is 5.97 Å². The predicted octanol–water partition coefficient (Wildman–Crippen LogP) is 4.41.